The Morgan fingerprint density at radius 3 is 2.73 bits per heavy atom. The monoisotopic (exact) mass is 347 g/mol. The molecule has 0 bridgehead atoms. The second-order valence-corrected chi connectivity index (χ2v) is 4.01. The summed E-state index contributed by atoms with van der Waals surface area (Å²) < 4.78 is 29.7. The van der Waals surface area contributed by atoms with Gasteiger partial charge in [0.05, 0.1) is 17.7 Å². The molecule has 1 heterocycles. The molecule has 7 heteroatoms. The van der Waals surface area contributed by atoms with Gasteiger partial charge in [-0.15, -0.1) is 0 Å². The van der Waals surface area contributed by atoms with E-state index < -0.39 is 18.0 Å². The second kappa shape index (κ2) is 5.02. The van der Waals surface area contributed by atoms with Gasteiger partial charge in [-0.05, 0) is 22.6 Å². The zero-order valence-corrected chi connectivity index (χ0v) is 10.3. The van der Waals surface area contributed by atoms with E-state index in [9.17, 15) is 13.6 Å². The van der Waals surface area contributed by atoms with Crippen LogP contribution in [-0.2, 0) is 4.74 Å². The molecule has 0 fully saturated rings. The molecule has 82 valence electrons. The van der Waals surface area contributed by atoms with E-state index in [0.717, 1.165) is 13.3 Å². The number of carbonyl (C=O) groups is 1. The molecule has 0 amide bonds. The number of methoxy groups -OCH3 is 1. The molecule has 0 saturated heterocycles. The van der Waals surface area contributed by atoms with Gasteiger partial charge in [0.2, 0.25) is 0 Å². The smallest absolute Gasteiger partial charge is 0.358 e. The topological polar surface area (TPSA) is 39.2 Å². The van der Waals surface area contributed by atoms with Gasteiger partial charge in [0.1, 0.15) is 0 Å². The lowest BCUT2D eigenvalue weighted by atomic mass is 10.2. The largest absolute Gasteiger partial charge is 0.464 e. The summed E-state index contributed by atoms with van der Waals surface area (Å²) in [5.41, 5.74) is -0.692. The summed E-state index contributed by atoms with van der Waals surface area (Å²) in [6.07, 6.45) is -1.60. The van der Waals surface area contributed by atoms with Crippen molar-refractivity contribution in [2.45, 2.75) is 6.43 Å². The van der Waals surface area contributed by atoms with Crippen molar-refractivity contribution in [1.82, 2.24) is 4.98 Å². The van der Waals surface area contributed by atoms with Crippen molar-refractivity contribution in [3.8, 4) is 0 Å². The molecule has 15 heavy (non-hydrogen) atoms. The van der Waals surface area contributed by atoms with Crippen LogP contribution >= 0.6 is 34.2 Å². The molecule has 0 spiro atoms. The van der Waals surface area contributed by atoms with E-state index in [-0.39, 0.29) is 14.3 Å². The van der Waals surface area contributed by atoms with Gasteiger partial charge in [0.15, 0.2) is 5.69 Å². The van der Waals surface area contributed by atoms with Gasteiger partial charge in [0, 0.05) is 9.77 Å². The molecule has 1 aromatic heterocycles. The molecule has 0 aliphatic heterocycles. The van der Waals surface area contributed by atoms with Gasteiger partial charge in [-0.3, -0.25) is 0 Å². The van der Waals surface area contributed by atoms with Gasteiger partial charge in [-0.25, -0.2) is 18.6 Å². The molecule has 0 atom stereocenters. The van der Waals surface area contributed by atoms with Crippen molar-refractivity contribution in [3.05, 3.63) is 26.0 Å². The molecule has 1 aromatic rings. The molecule has 0 N–H and O–H groups in total. The van der Waals surface area contributed by atoms with Crippen molar-refractivity contribution < 1.29 is 18.3 Å². The summed E-state index contributed by atoms with van der Waals surface area (Å²) in [5, 5.41) is -0.358. The van der Waals surface area contributed by atoms with E-state index in [4.69, 9.17) is 11.6 Å². The molecule has 1 rings (SSSR count). The molecular weight excluding hydrogens is 342 g/mol. The van der Waals surface area contributed by atoms with Crippen LogP contribution in [0.2, 0.25) is 5.02 Å². The number of esters is 1. The highest BCUT2D eigenvalue weighted by Gasteiger charge is 2.23. The number of ether oxygens (including phenoxy) is 1. The van der Waals surface area contributed by atoms with Crippen LogP contribution in [-0.4, -0.2) is 18.1 Å². The van der Waals surface area contributed by atoms with Gasteiger partial charge >= 0.3 is 5.97 Å². The van der Waals surface area contributed by atoms with Crippen LogP contribution in [0.3, 0.4) is 0 Å². The maximum atomic E-state index is 12.6. The zero-order valence-electron chi connectivity index (χ0n) is 7.43. The minimum absolute atomic E-state index is 0.209. The number of halogens is 4. The minimum atomic E-state index is -2.75. The first-order chi connectivity index (χ1) is 6.99. The van der Waals surface area contributed by atoms with Crippen LogP contribution in [0.4, 0.5) is 8.78 Å². The van der Waals surface area contributed by atoms with Crippen molar-refractivity contribution >= 4 is 40.2 Å². The van der Waals surface area contributed by atoms with Crippen molar-refractivity contribution in [2.75, 3.05) is 7.11 Å². The van der Waals surface area contributed by atoms with Crippen LogP contribution in [0, 0.1) is 3.57 Å². The van der Waals surface area contributed by atoms with E-state index in [1.165, 1.54) is 0 Å². The molecule has 0 aromatic carbocycles. The Morgan fingerprint density at radius 2 is 2.27 bits per heavy atom. The first-order valence-electron chi connectivity index (χ1n) is 3.69. The van der Waals surface area contributed by atoms with Gasteiger partial charge < -0.3 is 4.74 Å². The van der Waals surface area contributed by atoms with Crippen LogP contribution in [0.5, 0.6) is 0 Å². The summed E-state index contributed by atoms with van der Waals surface area (Å²) >= 11 is 7.31. The minimum Gasteiger partial charge on any atom is -0.464 e. The third-order valence-corrected chi connectivity index (χ3v) is 2.85. The number of alkyl halides is 2. The number of rotatable bonds is 2. The molecule has 0 radical (unpaired) electrons. The lowest BCUT2D eigenvalue weighted by Crippen LogP contribution is -2.08. The molecule has 0 saturated carbocycles. The van der Waals surface area contributed by atoms with E-state index in [0.29, 0.717) is 0 Å². The lowest BCUT2D eigenvalue weighted by Gasteiger charge is -2.08. The SMILES string of the molecule is COC(=O)c1ncc(I)c(C(F)F)c1Cl. The summed E-state index contributed by atoms with van der Waals surface area (Å²) in [6.45, 7) is 0. The van der Waals surface area contributed by atoms with E-state index >= 15 is 0 Å². The highest BCUT2D eigenvalue weighted by atomic mass is 127. The Labute approximate surface area is 103 Å². The molecular formula is C8H5ClF2INO2. The predicted molar refractivity (Wildman–Crippen MR) is 58.3 cm³/mol. The standard InChI is InChI=1S/C8H5ClF2INO2/c1-15-8(14)6-5(9)4(7(10)11)3(12)2-13-6/h2,7H,1H3. The fourth-order valence-corrected chi connectivity index (χ4v) is 2.03. The summed E-state index contributed by atoms with van der Waals surface area (Å²) in [5.74, 6) is -0.835. The molecule has 0 aliphatic carbocycles. The average molecular weight is 347 g/mol. The number of pyridine rings is 1. The maximum absolute atomic E-state index is 12.6. The summed E-state index contributed by atoms with van der Waals surface area (Å²) in [4.78, 5) is 14.7. The lowest BCUT2D eigenvalue weighted by molar-refractivity contribution is 0.0593. The Balaban J connectivity index is 3.35. The predicted octanol–water partition coefficient (Wildman–Crippen LogP) is 3.06. The van der Waals surface area contributed by atoms with Crippen LogP contribution in [0.1, 0.15) is 22.5 Å². The fraction of sp³-hybridized carbons (Fsp3) is 0.250. The number of hydrogen-bond donors (Lipinski definition) is 0. The third kappa shape index (κ3) is 2.54. The Hall–Kier alpha value is -0.500. The Kier molecular flexibility index (Phi) is 4.21. The molecule has 0 unspecified atom stereocenters. The van der Waals surface area contributed by atoms with Crippen molar-refractivity contribution in [3.63, 3.8) is 0 Å². The van der Waals surface area contributed by atoms with Crippen LogP contribution < -0.4 is 0 Å². The van der Waals surface area contributed by atoms with Gasteiger partial charge in [0.25, 0.3) is 6.43 Å². The maximum Gasteiger partial charge on any atom is 0.358 e. The highest BCUT2D eigenvalue weighted by Crippen LogP contribution is 2.32. The van der Waals surface area contributed by atoms with Crippen LogP contribution in [0.25, 0.3) is 0 Å². The van der Waals surface area contributed by atoms with E-state index in [2.05, 4.69) is 9.72 Å². The quantitative estimate of drug-likeness (QED) is 0.610. The van der Waals surface area contributed by atoms with E-state index in [1.807, 2.05) is 0 Å². The first-order valence-corrected chi connectivity index (χ1v) is 5.15. The van der Waals surface area contributed by atoms with Crippen molar-refractivity contribution in [2.24, 2.45) is 0 Å². The first kappa shape index (κ1) is 12.6. The van der Waals surface area contributed by atoms with Crippen molar-refractivity contribution in [1.29, 1.82) is 0 Å². The van der Waals surface area contributed by atoms with E-state index in [1.54, 1.807) is 22.6 Å². The Morgan fingerprint density at radius 1 is 1.67 bits per heavy atom. The highest BCUT2D eigenvalue weighted by molar-refractivity contribution is 14.1. The summed E-state index contributed by atoms with van der Waals surface area (Å²) in [6, 6.07) is 0. The normalized spacial score (nSPS) is 10.5. The number of carbonyl (C=O) groups excluding carboxylic acids is 1. The number of hydrogen-bond acceptors (Lipinski definition) is 3. The summed E-state index contributed by atoms with van der Waals surface area (Å²) in [7, 11) is 1.13. The second-order valence-electron chi connectivity index (χ2n) is 2.47. The number of aromatic nitrogens is 1. The fourth-order valence-electron chi connectivity index (χ4n) is 0.919. The third-order valence-electron chi connectivity index (χ3n) is 1.61. The van der Waals surface area contributed by atoms with Gasteiger partial charge in [-0.1, -0.05) is 11.6 Å². The average Bonchev–Trinajstić information content (AvgIpc) is 2.16. The van der Waals surface area contributed by atoms with Crippen LogP contribution in [0.15, 0.2) is 6.20 Å². The zero-order chi connectivity index (χ0) is 11.6. The van der Waals surface area contributed by atoms with Gasteiger partial charge in [-0.2, -0.15) is 0 Å². The number of nitrogens with zero attached hydrogens (tertiary/aromatic N) is 1. The molecule has 0 aliphatic rings. The molecule has 3 nitrogen and oxygen atoms in total. The Bertz CT molecular complexity index is 400.